The Morgan fingerprint density at radius 2 is 2.00 bits per heavy atom. The number of benzene rings is 1. The average molecular weight is 274 g/mol. The summed E-state index contributed by atoms with van der Waals surface area (Å²) in [5, 5.41) is 8.98. The van der Waals surface area contributed by atoms with E-state index in [1.54, 1.807) is 0 Å². The van der Waals surface area contributed by atoms with Gasteiger partial charge in [-0.1, -0.05) is 6.07 Å². The van der Waals surface area contributed by atoms with Crippen LogP contribution in [0.15, 0.2) is 23.1 Å². The van der Waals surface area contributed by atoms with Crippen molar-refractivity contribution < 1.29 is 27.8 Å². The van der Waals surface area contributed by atoms with Crippen molar-refractivity contribution in [3.05, 3.63) is 23.8 Å². The fourth-order valence-corrected chi connectivity index (χ4v) is 2.46. The van der Waals surface area contributed by atoms with Crippen LogP contribution in [0, 0.1) is 0 Å². The van der Waals surface area contributed by atoms with Crippen molar-refractivity contribution in [2.24, 2.45) is 0 Å². The molecule has 0 heterocycles. The Bertz CT molecular complexity index is 534. The van der Waals surface area contributed by atoms with Crippen molar-refractivity contribution in [3.8, 4) is 5.75 Å². The highest BCUT2D eigenvalue weighted by atomic mass is 32.2. The summed E-state index contributed by atoms with van der Waals surface area (Å²) in [6, 6.07) is 4.07. The van der Waals surface area contributed by atoms with Gasteiger partial charge < -0.3 is 14.6 Å². The molecule has 7 heteroatoms. The molecule has 0 saturated heterocycles. The quantitative estimate of drug-likeness (QED) is 0.772. The maximum atomic E-state index is 11.6. The first kappa shape index (κ1) is 14.5. The predicted molar refractivity (Wildman–Crippen MR) is 63.9 cm³/mol. The molecule has 0 aliphatic heterocycles. The molecule has 1 N–H and O–H groups in total. The van der Waals surface area contributed by atoms with Crippen LogP contribution >= 0.6 is 0 Å². The molecule has 1 aromatic rings. The smallest absolute Gasteiger partial charge is 0.337 e. The molecule has 0 radical (unpaired) electrons. The van der Waals surface area contributed by atoms with Crippen molar-refractivity contribution in [1.29, 1.82) is 0 Å². The van der Waals surface area contributed by atoms with Gasteiger partial charge in [0.05, 0.1) is 12.2 Å². The summed E-state index contributed by atoms with van der Waals surface area (Å²) < 4.78 is 33.3. The van der Waals surface area contributed by atoms with Gasteiger partial charge in [-0.2, -0.15) is 0 Å². The second-order valence-electron chi connectivity index (χ2n) is 3.55. The number of rotatable bonds is 6. The minimum Gasteiger partial charge on any atom is -0.490 e. The second kappa shape index (κ2) is 5.83. The molecule has 0 saturated carbocycles. The van der Waals surface area contributed by atoms with Crippen LogP contribution in [0.4, 0.5) is 0 Å². The number of hydrogen-bond acceptors (Lipinski definition) is 5. The van der Waals surface area contributed by atoms with E-state index >= 15 is 0 Å². The fraction of sp³-hybridized carbons (Fsp3) is 0.364. The van der Waals surface area contributed by atoms with Crippen LogP contribution in [-0.2, 0) is 14.6 Å². The van der Waals surface area contributed by atoms with E-state index in [2.05, 4.69) is 0 Å². The van der Waals surface area contributed by atoms with Gasteiger partial charge in [-0.15, -0.1) is 0 Å². The Kier molecular flexibility index (Phi) is 4.69. The van der Waals surface area contributed by atoms with Crippen molar-refractivity contribution in [1.82, 2.24) is 0 Å². The summed E-state index contributed by atoms with van der Waals surface area (Å²) in [6.07, 6.45) is 0.942. The summed E-state index contributed by atoms with van der Waals surface area (Å²) >= 11 is 0. The molecule has 1 aromatic carbocycles. The molecule has 0 aliphatic carbocycles. The predicted octanol–water partition coefficient (Wildman–Crippen LogP) is 0.814. The standard InChI is InChI=1S/C11H14O6S/c1-16-6-7-17-9-5-3-4-8(11(12)13)10(9)18(2,14)15/h3-5H,6-7H2,1-2H3,(H,12,13). The molecule has 6 nitrogen and oxygen atoms in total. The minimum absolute atomic E-state index is 0.0226. The maximum Gasteiger partial charge on any atom is 0.337 e. The normalized spacial score (nSPS) is 11.2. The van der Waals surface area contributed by atoms with Crippen molar-refractivity contribution in [2.75, 3.05) is 26.6 Å². The van der Waals surface area contributed by atoms with Crippen LogP contribution < -0.4 is 4.74 Å². The van der Waals surface area contributed by atoms with E-state index in [-0.39, 0.29) is 29.4 Å². The van der Waals surface area contributed by atoms with Gasteiger partial charge >= 0.3 is 5.97 Å². The Morgan fingerprint density at radius 1 is 1.33 bits per heavy atom. The average Bonchev–Trinajstić information content (AvgIpc) is 2.27. The number of methoxy groups -OCH3 is 1. The third-order valence-corrected chi connectivity index (χ3v) is 3.29. The summed E-state index contributed by atoms with van der Waals surface area (Å²) in [7, 11) is -2.21. The molecule has 0 atom stereocenters. The van der Waals surface area contributed by atoms with Crippen LogP contribution in [0.2, 0.25) is 0 Å². The van der Waals surface area contributed by atoms with Crippen LogP contribution in [0.5, 0.6) is 5.75 Å². The summed E-state index contributed by atoms with van der Waals surface area (Å²) in [5.41, 5.74) is -0.299. The summed E-state index contributed by atoms with van der Waals surface area (Å²) in [4.78, 5) is 10.7. The zero-order valence-corrected chi connectivity index (χ0v) is 10.9. The first-order valence-corrected chi connectivity index (χ1v) is 6.95. The fourth-order valence-electron chi connectivity index (χ4n) is 1.42. The molecule has 18 heavy (non-hydrogen) atoms. The molecule has 0 spiro atoms. The monoisotopic (exact) mass is 274 g/mol. The van der Waals surface area contributed by atoms with E-state index in [1.165, 1.54) is 25.3 Å². The van der Waals surface area contributed by atoms with E-state index in [1.807, 2.05) is 0 Å². The number of carbonyl (C=O) groups is 1. The molecule has 0 aromatic heterocycles. The Hall–Kier alpha value is -1.60. The molecule has 100 valence electrons. The van der Waals surface area contributed by atoms with Gasteiger partial charge in [0.15, 0.2) is 9.84 Å². The van der Waals surface area contributed by atoms with Crippen LogP contribution in [-0.4, -0.2) is 46.1 Å². The Balaban J connectivity index is 3.25. The van der Waals surface area contributed by atoms with E-state index in [0.717, 1.165) is 6.26 Å². The van der Waals surface area contributed by atoms with Gasteiger partial charge in [-0.3, -0.25) is 0 Å². The Labute approximate surface area is 105 Å². The van der Waals surface area contributed by atoms with Crippen LogP contribution in [0.25, 0.3) is 0 Å². The van der Waals surface area contributed by atoms with Crippen LogP contribution in [0.1, 0.15) is 10.4 Å². The van der Waals surface area contributed by atoms with Gasteiger partial charge in [-0.25, -0.2) is 13.2 Å². The summed E-state index contributed by atoms with van der Waals surface area (Å²) in [5.74, 6) is -1.29. The van der Waals surface area contributed by atoms with Gasteiger partial charge in [0, 0.05) is 13.4 Å². The molecule has 0 bridgehead atoms. The van der Waals surface area contributed by atoms with Gasteiger partial charge in [0.1, 0.15) is 17.3 Å². The number of carboxylic acid groups (broad SMARTS) is 1. The number of sulfone groups is 1. The number of hydrogen-bond donors (Lipinski definition) is 1. The number of aromatic carboxylic acids is 1. The lowest BCUT2D eigenvalue weighted by Crippen LogP contribution is -2.12. The van der Waals surface area contributed by atoms with Crippen molar-refractivity contribution in [3.63, 3.8) is 0 Å². The van der Waals surface area contributed by atoms with Gasteiger partial charge in [-0.05, 0) is 12.1 Å². The summed E-state index contributed by atoms with van der Waals surface area (Å²) in [6.45, 7) is 0.419. The SMILES string of the molecule is COCCOc1cccc(C(=O)O)c1S(C)(=O)=O. The molecule has 0 fully saturated rings. The maximum absolute atomic E-state index is 11.6. The van der Waals surface area contributed by atoms with Gasteiger partial charge in [0.2, 0.25) is 0 Å². The van der Waals surface area contributed by atoms with E-state index in [4.69, 9.17) is 14.6 Å². The first-order valence-electron chi connectivity index (χ1n) is 5.06. The highest BCUT2D eigenvalue weighted by molar-refractivity contribution is 7.90. The molecule has 0 amide bonds. The zero-order chi connectivity index (χ0) is 13.8. The molecule has 0 unspecified atom stereocenters. The molecule has 0 aliphatic rings. The topological polar surface area (TPSA) is 89.9 Å². The third-order valence-electron chi connectivity index (χ3n) is 2.13. The lowest BCUT2D eigenvalue weighted by atomic mass is 10.2. The number of carboxylic acids is 1. The van der Waals surface area contributed by atoms with E-state index < -0.39 is 15.8 Å². The van der Waals surface area contributed by atoms with E-state index in [9.17, 15) is 13.2 Å². The number of ether oxygens (including phenoxy) is 2. The highest BCUT2D eigenvalue weighted by Crippen LogP contribution is 2.27. The lowest BCUT2D eigenvalue weighted by Gasteiger charge is -2.12. The molecular formula is C11H14O6S. The van der Waals surface area contributed by atoms with E-state index in [0.29, 0.717) is 0 Å². The Morgan fingerprint density at radius 3 is 2.50 bits per heavy atom. The molecule has 1 rings (SSSR count). The highest BCUT2D eigenvalue weighted by Gasteiger charge is 2.23. The largest absolute Gasteiger partial charge is 0.490 e. The first-order chi connectivity index (χ1) is 8.38. The second-order valence-corrected chi connectivity index (χ2v) is 5.50. The van der Waals surface area contributed by atoms with Crippen LogP contribution in [0.3, 0.4) is 0 Å². The molecular weight excluding hydrogens is 260 g/mol. The minimum atomic E-state index is -3.69. The zero-order valence-electron chi connectivity index (χ0n) is 10.0. The van der Waals surface area contributed by atoms with Crippen molar-refractivity contribution in [2.45, 2.75) is 4.90 Å². The van der Waals surface area contributed by atoms with Crippen molar-refractivity contribution >= 4 is 15.8 Å². The van der Waals surface area contributed by atoms with Gasteiger partial charge in [0.25, 0.3) is 0 Å². The third kappa shape index (κ3) is 3.44. The lowest BCUT2D eigenvalue weighted by molar-refractivity contribution is 0.0691.